The summed E-state index contributed by atoms with van der Waals surface area (Å²) in [6.45, 7) is 8.39. The summed E-state index contributed by atoms with van der Waals surface area (Å²) in [5.74, 6) is 0.861. The van der Waals surface area contributed by atoms with Gasteiger partial charge in [-0.2, -0.15) is 0 Å². The molecule has 0 spiro atoms. The molecule has 0 amide bonds. The van der Waals surface area contributed by atoms with Crippen molar-refractivity contribution in [2.24, 2.45) is 0 Å². The molecule has 0 aliphatic carbocycles. The van der Waals surface area contributed by atoms with Gasteiger partial charge < -0.3 is 10.2 Å². The van der Waals surface area contributed by atoms with Crippen molar-refractivity contribution < 1.29 is 0 Å². The molecule has 0 aromatic carbocycles. The Labute approximate surface area is 107 Å². The highest BCUT2D eigenvalue weighted by Crippen LogP contribution is 2.15. The summed E-state index contributed by atoms with van der Waals surface area (Å²) in [7, 11) is 0. The zero-order chi connectivity index (χ0) is 12.8. The van der Waals surface area contributed by atoms with Gasteiger partial charge in [-0.1, -0.05) is 13.8 Å². The molecule has 0 unspecified atom stereocenters. The third-order valence-electron chi connectivity index (χ3n) is 3.02. The molecule has 0 aliphatic heterocycles. The minimum absolute atomic E-state index is 0.734. The first-order valence-electron chi connectivity index (χ1n) is 6.37. The number of anilines is 1. The van der Waals surface area contributed by atoms with E-state index >= 15 is 0 Å². The number of hydrogen-bond acceptors (Lipinski definition) is 5. The lowest BCUT2D eigenvalue weighted by molar-refractivity contribution is 0.316. The van der Waals surface area contributed by atoms with E-state index in [2.05, 4.69) is 39.0 Å². The van der Waals surface area contributed by atoms with Gasteiger partial charge in [0.2, 0.25) is 0 Å². The second-order valence-electron chi connectivity index (χ2n) is 4.05. The summed E-state index contributed by atoms with van der Waals surface area (Å²) in [5.41, 5.74) is 0.734. The average Bonchev–Trinajstić information content (AvgIpc) is 2.44. The Bertz CT molecular complexity index is 490. The van der Waals surface area contributed by atoms with Gasteiger partial charge in [-0.3, -0.25) is 0 Å². The van der Waals surface area contributed by atoms with Crippen molar-refractivity contribution in [3.8, 4) is 0 Å². The van der Waals surface area contributed by atoms with Crippen LogP contribution in [-0.4, -0.2) is 46.0 Å². The summed E-state index contributed by atoms with van der Waals surface area (Å²) in [4.78, 5) is 15.0. The highest BCUT2D eigenvalue weighted by molar-refractivity contribution is 5.85. The highest BCUT2D eigenvalue weighted by Gasteiger charge is 2.04. The molecule has 2 heterocycles. The summed E-state index contributed by atoms with van der Waals surface area (Å²) in [6, 6.07) is 3.89. The largest absolute Gasteiger partial charge is 0.368 e. The maximum atomic E-state index is 4.27. The standard InChI is InChI=1S/C13H19N5/c1-3-18(4-2)9-8-15-13-11-6-5-7-14-12(11)16-10-17-13/h5-7,10H,3-4,8-9H2,1-2H3,(H,14,15,16,17). The maximum absolute atomic E-state index is 4.27. The molecule has 2 aromatic rings. The molecule has 0 fully saturated rings. The SMILES string of the molecule is CCN(CC)CCNc1ncnc2ncccc12. The van der Waals surface area contributed by atoms with Crippen LogP contribution < -0.4 is 5.32 Å². The van der Waals surface area contributed by atoms with Crippen molar-refractivity contribution in [1.82, 2.24) is 19.9 Å². The predicted molar refractivity (Wildman–Crippen MR) is 73.6 cm³/mol. The third-order valence-corrected chi connectivity index (χ3v) is 3.02. The number of aromatic nitrogens is 3. The van der Waals surface area contributed by atoms with Crippen LogP contribution in [0.25, 0.3) is 11.0 Å². The van der Waals surface area contributed by atoms with Gasteiger partial charge in [-0.15, -0.1) is 0 Å². The number of likely N-dealkylation sites (N-methyl/N-ethyl adjacent to an activating group) is 1. The second kappa shape index (κ2) is 6.26. The summed E-state index contributed by atoms with van der Waals surface area (Å²) < 4.78 is 0. The first-order chi connectivity index (χ1) is 8.85. The lowest BCUT2D eigenvalue weighted by Crippen LogP contribution is -2.28. The van der Waals surface area contributed by atoms with Gasteiger partial charge in [-0.25, -0.2) is 15.0 Å². The Morgan fingerprint density at radius 3 is 2.78 bits per heavy atom. The van der Waals surface area contributed by atoms with Crippen LogP contribution in [0.1, 0.15) is 13.8 Å². The first-order valence-corrected chi connectivity index (χ1v) is 6.37. The number of rotatable bonds is 6. The normalized spacial score (nSPS) is 11.1. The molecule has 5 heteroatoms. The topological polar surface area (TPSA) is 53.9 Å². The van der Waals surface area contributed by atoms with Crippen LogP contribution in [0, 0.1) is 0 Å². The van der Waals surface area contributed by atoms with Gasteiger partial charge in [0, 0.05) is 19.3 Å². The van der Waals surface area contributed by atoms with Crippen molar-refractivity contribution in [3.05, 3.63) is 24.7 Å². The molecule has 0 radical (unpaired) electrons. The maximum Gasteiger partial charge on any atom is 0.164 e. The minimum Gasteiger partial charge on any atom is -0.368 e. The molecule has 0 saturated heterocycles. The van der Waals surface area contributed by atoms with Gasteiger partial charge in [0.15, 0.2) is 5.65 Å². The Hall–Kier alpha value is -1.75. The van der Waals surface area contributed by atoms with E-state index in [4.69, 9.17) is 0 Å². The summed E-state index contributed by atoms with van der Waals surface area (Å²) in [6.07, 6.45) is 3.30. The van der Waals surface area contributed by atoms with Crippen LogP contribution in [0.3, 0.4) is 0 Å². The molecule has 2 aromatic heterocycles. The molecular weight excluding hydrogens is 226 g/mol. The van der Waals surface area contributed by atoms with E-state index in [1.165, 1.54) is 0 Å². The van der Waals surface area contributed by atoms with E-state index in [0.29, 0.717) is 0 Å². The van der Waals surface area contributed by atoms with Crippen LogP contribution in [0.15, 0.2) is 24.7 Å². The Balaban J connectivity index is 2.03. The van der Waals surface area contributed by atoms with Crippen molar-refractivity contribution in [2.75, 3.05) is 31.5 Å². The van der Waals surface area contributed by atoms with E-state index in [1.807, 2.05) is 12.1 Å². The molecule has 1 N–H and O–H groups in total. The van der Waals surface area contributed by atoms with E-state index < -0.39 is 0 Å². The van der Waals surface area contributed by atoms with Crippen molar-refractivity contribution >= 4 is 16.9 Å². The van der Waals surface area contributed by atoms with E-state index in [9.17, 15) is 0 Å². The van der Waals surface area contributed by atoms with Gasteiger partial charge >= 0.3 is 0 Å². The fourth-order valence-electron chi connectivity index (χ4n) is 1.91. The van der Waals surface area contributed by atoms with Crippen molar-refractivity contribution in [2.45, 2.75) is 13.8 Å². The van der Waals surface area contributed by atoms with Gasteiger partial charge in [-0.05, 0) is 25.2 Å². The van der Waals surface area contributed by atoms with Crippen LogP contribution in [0.2, 0.25) is 0 Å². The molecule has 18 heavy (non-hydrogen) atoms. The predicted octanol–water partition coefficient (Wildman–Crippen LogP) is 1.78. The van der Waals surface area contributed by atoms with Crippen LogP contribution in [0.4, 0.5) is 5.82 Å². The molecule has 0 atom stereocenters. The smallest absolute Gasteiger partial charge is 0.164 e. The summed E-state index contributed by atoms with van der Waals surface area (Å²) in [5, 5.41) is 4.33. The zero-order valence-electron chi connectivity index (χ0n) is 10.9. The third kappa shape index (κ3) is 2.92. The lowest BCUT2D eigenvalue weighted by atomic mass is 10.3. The number of hydrogen-bond donors (Lipinski definition) is 1. The average molecular weight is 245 g/mol. The molecule has 2 rings (SSSR count). The molecule has 5 nitrogen and oxygen atoms in total. The monoisotopic (exact) mass is 245 g/mol. The lowest BCUT2D eigenvalue weighted by Gasteiger charge is -2.18. The number of nitrogens with zero attached hydrogens (tertiary/aromatic N) is 4. The van der Waals surface area contributed by atoms with Gasteiger partial charge in [0.1, 0.15) is 12.1 Å². The van der Waals surface area contributed by atoms with Crippen molar-refractivity contribution in [1.29, 1.82) is 0 Å². The van der Waals surface area contributed by atoms with E-state index in [-0.39, 0.29) is 0 Å². The fourth-order valence-corrected chi connectivity index (χ4v) is 1.91. The van der Waals surface area contributed by atoms with E-state index in [1.54, 1.807) is 12.5 Å². The quantitative estimate of drug-likeness (QED) is 0.840. The van der Waals surface area contributed by atoms with Crippen LogP contribution in [-0.2, 0) is 0 Å². The molecule has 96 valence electrons. The second-order valence-corrected chi connectivity index (χ2v) is 4.05. The number of fused-ring (bicyclic) bond motifs is 1. The Morgan fingerprint density at radius 2 is 2.00 bits per heavy atom. The molecule has 0 aliphatic rings. The Kier molecular flexibility index (Phi) is 4.41. The first kappa shape index (κ1) is 12.7. The minimum atomic E-state index is 0.734. The number of pyridine rings is 1. The zero-order valence-corrected chi connectivity index (χ0v) is 10.9. The molecular formula is C13H19N5. The molecule has 0 bridgehead atoms. The van der Waals surface area contributed by atoms with Crippen LogP contribution >= 0.6 is 0 Å². The molecule has 0 saturated carbocycles. The van der Waals surface area contributed by atoms with Gasteiger partial charge in [0.25, 0.3) is 0 Å². The highest BCUT2D eigenvalue weighted by atomic mass is 15.1. The van der Waals surface area contributed by atoms with Crippen molar-refractivity contribution in [3.63, 3.8) is 0 Å². The Morgan fingerprint density at radius 1 is 1.17 bits per heavy atom. The number of nitrogens with one attached hydrogen (secondary N) is 1. The summed E-state index contributed by atoms with van der Waals surface area (Å²) >= 11 is 0. The van der Waals surface area contributed by atoms with Crippen LogP contribution in [0.5, 0.6) is 0 Å². The van der Waals surface area contributed by atoms with Gasteiger partial charge in [0.05, 0.1) is 5.39 Å². The van der Waals surface area contributed by atoms with E-state index in [0.717, 1.165) is 43.0 Å². The fraction of sp³-hybridized carbons (Fsp3) is 0.462.